The molecule has 162 valence electrons. The van der Waals surface area contributed by atoms with Gasteiger partial charge in [-0.1, -0.05) is 44.2 Å². The standard InChI is InChI=1S/C23H30N2O5/c1-5-16(2)18-10-17-8-6-7-9-20(17)21(11-18)22(26)30-19-12-24(14-28-3)23(27)25(13-19)15-29-4/h6-11,16,19H,5,12-15H2,1-4H3. The lowest BCUT2D eigenvalue weighted by molar-refractivity contribution is -0.0401. The van der Waals surface area contributed by atoms with E-state index in [9.17, 15) is 9.59 Å². The molecule has 0 aromatic heterocycles. The van der Waals surface area contributed by atoms with Crippen molar-refractivity contribution in [3.05, 3.63) is 47.5 Å². The summed E-state index contributed by atoms with van der Waals surface area (Å²) in [7, 11) is 3.05. The van der Waals surface area contributed by atoms with Crippen molar-refractivity contribution in [1.29, 1.82) is 0 Å². The molecule has 1 unspecified atom stereocenters. The normalized spacial score (nSPS) is 16.2. The minimum Gasteiger partial charge on any atom is -0.455 e. The summed E-state index contributed by atoms with van der Waals surface area (Å²) < 4.78 is 16.1. The van der Waals surface area contributed by atoms with Gasteiger partial charge in [0, 0.05) is 14.2 Å². The molecular formula is C23H30N2O5. The average Bonchev–Trinajstić information content (AvgIpc) is 2.75. The van der Waals surface area contributed by atoms with Gasteiger partial charge in [0.05, 0.1) is 18.7 Å². The van der Waals surface area contributed by atoms with E-state index in [0.29, 0.717) is 11.5 Å². The van der Waals surface area contributed by atoms with Gasteiger partial charge in [0.1, 0.15) is 19.6 Å². The molecule has 7 nitrogen and oxygen atoms in total. The Labute approximate surface area is 177 Å². The second kappa shape index (κ2) is 9.91. The summed E-state index contributed by atoms with van der Waals surface area (Å²) in [4.78, 5) is 28.7. The number of esters is 1. The van der Waals surface area contributed by atoms with Crippen molar-refractivity contribution in [3.8, 4) is 0 Å². The SMILES string of the molecule is CCC(C)c1cc(C(=O)OC2CN(COC)C(=O)N(COC)C2)c2ccccc2c1. The van der Waals surface area contributed by atoms with E-state index in [1.165, 1.54) is 24.0 Å². The third-order valence-electron chi connectivity index (χ3n) is 5.52. The van der Waals surface area contributed by atoms with Crippen LogP contribution in [0, 0.1) is 0 Å². The molecule has 30 heavy (non-hydrogen) atoms. The molecule has 7 heteroatoms. The van der Waals surface area contributed by atoms with Crippen molar-refractivity contribution < 1.29 is 23.8 Å². The molecule has 1 heterocycles. The zero-order valence-electron chi connectivity index (χ0n) is 18.1. The van der Waals surface area contributed by atoms with Gasteiger partial charge in [0.25, 0.3) is 0 Å². The van der Waals surface area contributed by atoms with Crippen LogP contribution in [0.25, 0.3) is 10.8 Å². The number of fused-ring (bicyclic) bond motifs is 1. The number of hydrogen-bond donors (Lipinski definition) is 0. The van der Waals surface area contributed by atoms with Crippen molar-refractivity contribution in [2.24, 2.45) is 0 Å². The Bertz CT molecular complexity index is 882. The lowest BCUT2D eigenvalue weighted by Crippen LogP contribution is -2.57. The number of rotatable bonds is 8. The molecule has 1 atom stereocenters. The quantitative estimate of drug-likeness (QED) is 0.614. The lowest BCUT2D eigenvalue weighted by Gasteiger charge is -2.38. The Morgan fingerprint density at radius 3 is 2.33 bits per heavy atom. The van der Waals surface area contributed by atoms with E-state index in [1.54, 1.807) is 0 Å². The van der Waals surface area contributed by atoms with Gasteiger partial charge in [-0.3, -0.25) is 9.80 Å². The maximum Gasteiger partial charge on any atom is 0.339 e. The lowest BCUT2D eigenvalue weighted by atomic mass is 9.93. The zero-order chi connectivity index (χ0) is 21.7. The number of carbonyl (C=O) groups is 2. The number of methoxy groups -OCH3 is 2. The molecule has 1 saturated heterocycles. The number of nitrogens with zero attached hydrogens (tertiary/aromatic N) is 2. The van der Waals surface area contributed by atoms with Crippen LogP contribution in [-0.4, -0.2) is 68.7 Å². The fourth-order valence-corrected chi connectivity index (χ4v) is 3.75. The number of amides is 2. The highest BCUT2D eigenvalue weighted by Gasteiger charge is 2.34. The Morgan fingerprint density at radius 1 is 1.10 bits per heavy atom. The zero-order valence-corrected chi connectivity index (χ0v) is 18.1. The van der Waals surface area contributed by atoms with Crippen LogP contribution >= 0.6 is 0 Å². The first kappa shape index (κ1) is 22.1. The summed E-state index contributed by atoms with van der Waals surface area (Å²) in [6, 6.07) is 11.7. The minimum absolute atomic E-state index is 0.125. The summed E-state index contributed by atoms with van der Waals surface area (Å²) in [5.41, 5.74) is 1.67. The fraction of sp³-hybridized carbons (Fsp3) is 0.478. The molecule has 0 saturated carbocycles. The molecular weight excluding hydrogens is 384 g/mol. The monoisotopic (exact) mass is 414 g/mol. The summed E-state index contributed by atoms with van der Waals surface area (Å²) in [6.07, 6.45) is 0.502. The molecule has 0 bridgehead atoms. The molecule has 1 fully saturated rings. The molecule has 1 aliphatic heterocycles. The molecule has 0 N–H and O–H groups in total. The van der Waals surface area contributed by atoms with Gasteiger partial charge in [-0.15, -0.1) is 0 Å². The van der Waals surface area contributed by atoms with E-state index in [2.05, 4.69) is 19.9 Å². The number of ether oxygens (including phenoxy) is 3. The third kappa shape index (κ3) is 4.74. The summed E-state index contributed by atoms with van der Waals surface area (Å²) >= 11 is 0. The first-order valence-electron chi connectivity index (χ1n) is 10.2. The maximum atomic E-state index is 13.2. The molecule has 1 aliphatic rings. The van der Waals surface area contributed by atoms with Crippen LogP contribution in [0.4, 0.5) is 4.79 Å². The van der Waals surface area contributed by atoms with E-state index in [0.717, 1.165) is 22.8 Å². The van der Waals surface area contributed by atoms with Crippen LogP contribution in [0.2, 0.25) is 0 Å². The number of hydrogen-bond acceptors (Lipinski definition) is 5. The maximum absolute atomic E-state index is 13.2. The summed E-state index contributed by atoms with van der Waals surface area (Å²) in [6.45, 7) is 5.09. The molecule has 0 radical (unpaired) electrons. The highest BCUT2D eigenvalue weighted by molar-refractivity contribution is 6.05. The first-order valence-corrected chi connectivity index (χ1v) is 10.2. The molecule has 2 amide bonds. The predicted octanol–water partition coefficient (Wildman–Crippen LogP) is 3.82. The summed E-state index contributed by atoms with van der Waals surface area (Å²) in [5.74, 6) is -0.0479. The van der Waals surface area contributed by atoms with Crippen LogP contribution < -0.4 is 0 Å². The Balaban J connectivity index is 1.87. The van der Waals surface area contributed by atoms with E-state index in [1.807, 2.05) is 30.3 Å². The van der Waals surface area contributed by atoms with Gasteiger partial charge in [-0.05, 0) is 34.7 Å². The molecule has 2 aromatic carbocycles. The van der Waals surface area contributed by atoms with E-state index < -0.39 is 6.10 Å². The first-order chi connectivity index (χ1) is 14.5. The second-order valence-corrected chi connectivity index (χ2v) is 7.69. The second-order valence-electron chi connectivity index (χ2n) is 7.69. The van der Waals surface area contributed by atoms with Crippen molar-refractivity contribution >= 4 is 22.8 Å². The van der Waals surface area contributed by atoms with E-state index >= 15 is 0 Å². The summed E-state index contributed by atoms with van der Waals surface area (Å²) in [5, 5.41) is 1.88. The highest BCUT2D eigenvalue weighted by atomic mass is 16.5. The van der Waals surface area contributed by atoms with Crippen molar-refractivity contribution in [3.63, 3.8) is 0 Å². The number of benzene rings is 2. The van der Waals surface area contributed by atoms with Crippen LogP contribution in [0.5, 0.6) is 0 Å². The number of urea groups is 1. The highest BCUT2D eigenvalue weighted by Crippen LogP contribution is 2.28. The predicted molar refractivity (Wildman–Crippen MR) is 114 cm³/mol. The van der Waals surface area contributed by atoms with E-state index in [4.69, 9.17) is 14.2 Å². The fourth-order valence-electron chi connectivity index (χ4n) is 3.75. The van der Waals surface area contributed by atoms with Crippen molar-refractivity contribution in [2.75, 3.05) is 40.8 Å². The van der Waals surface area contributed by atoms with Crippen LogP contribution in [0.1, 0.15) is 42.1 Å². The Kier molecular flexibility index (Phi) is 7.29. The molecule has 0 spiro atoms. The molecule has 0 aliphatic carbocycles. The van der Waals surface area contributed by atoms with Gasteiger partial charge in [0.2, 0.25) is 0 Å². The van der Waals surface area contributed by atoms with Gasteiger partial charge in [-0.25, -0.2) is 9.59 Å². The van der Waals surface area contributed by atoms with Gasteiger partial charge < -0.3 is 14.2 Å². The van der Waals surface area contributed by atoms with Crippen LogP contribution in [0.15, 0.2) is 36.4 Å². The topological polar surface area (TPSA) is 68.3 Å². The van der Waals surface area contributed by atoms with Crippen molar-refractivity contribution in [1.82, 2.24) is 9.80 Å². The largest absolute Gasteiger partial charge is 0.455 e. The van der Waals surface area contributed by atoms with Crippen molar-refractivity contribution in [2.45, 2.75) is 32.3 Å². The van der Waals surface area contributed by atoms with Crippen LogP contribution in [0.3, 0.4) is 0 Å². The van der Waals surface area contributed by atoms with Gasteiger partial charge >= 0.3 is 12.0 Å². The smallest absolute Gasteiger partial charge is 0.339 e. The van der Waals surface area contributed by atoms with Crippen LogP contribution in [-0.2, 0) is 14.2 Å². The molecule has 3 rings (SSSR count). The van der Waals surface area contributed by atoms with E-state index in [-0.39, 0.29) is 38.6 Å². The van der Waals surface area contributed by atoms with Gasteiger partial charge in [0.15, 0.2) is 0 Å². The Morgan fingerprint density at radius 2 is 1.73 bits per heavy atom. The average molecular weight is 415 g/mol. The molecule has 2 aromatic rings. The number of carbonyl (C=O) groups excluding carboxylic acids is 2. The minimum atomic E-state index is -0.480. The Hall–Kier alpha value is -2.64. The third-order valence-corrected chi connectivity index (χ3v) is 5.52. The van der Waals surface area contributed by atoms with Gasteiger partial charge in [-0.2, -0.15) is 0 Å².